The molecule has 0 atom stereocenters. The molecule has 0 aliphatic rings. The third-order valence-electron chi connectivity index (χ3n) is 1.91. The zero-order valence-electron chi connectivity index (χ0n) is 9.39. The number of hydrogen-bond acceptors (Lipinski definition) is 5. The van der Waals surface area contributed by atoms with E-state index in [4.69, 9.17) is 15.8 Å². The van der Waals surface area contributed by atoms with Crippen LogP contribution in [-0.4, -0.2) is 5.76 Å². The van der Waals surface area contributed by atoms with E-state index in [0.29, 0.717) is 22.3 Å². The number of rotatable bonds is 4. The van der Waals surface area contributed by atoms with E-state index in [2.05, 4.69) is 5.32 Å². The number of nitriles is 3. The van der Waals surface area contributed by atoms with E-state index in [-0.39, 0.29) is 11.3 Å². The Morgan fingerprint density at radius 1 is 1.16 bits per heavy atom. The van der Waals surface area contributed by atoms with Crippen LogP contribution in [0.1, 0.15) is 0 Å². The van der Waals surface area contributed by atoms with Gasteiger partial charge in [-0.3, -0.25) is 0 Å². The molecule has 0 fully saturated rings. The molecule has 0 amide bonds. The fourth-order valence-electron chi connectivity index (χ4n) is 1.18. The molecule has 0 radical (unpaired) electrons. The van der Waals surface area contributed by atoms with Gasteiger partial charge in [0.05, 0.1) is 0 Å². The Morgan fingerprint density at radius 3 is 2.37 bits per heavy atom. The maximum absolute atomic E-state index is 12.2. The monoisotopic (exact) mass is 276 g/mol. The molecule has 1 aromatic rings. The highest BCUT2D eigenvalue weighted by Crippen LogP contribution is 2.27. The van der Waals surface area contributed by atoms with Gasteiger partial charge in [-0.1, -0.05) is 17.8 Å². The summed E-state index contributed by atoms with van der Waals surface area (Å²) in [6.45, 7) is 0. The molecule has 19 heavy (non-hydrogen) atoms. The van der Waals surface area contributed by atoms with Gasteiger partial charge in [-0.25, -0.2) is 0 Å². The van der Waals surface area contributed by atoms with Crippen LogP contribution in [-0.2, 0) is 0 Å². The SMILES string of the molecule is N#CC(C#N)=C(C#N)Nc1cccc(SC(F)F)c1. The number of allylic oxidation sites excluding steroid dienone is 2. The molecule has 1 aromatic carbocycles. The van der Waals surface area contributed by atoms with Crippen molar-refractivity contribution in [2.45, 2.75) is 10.7 Å². The van der Waals surface area contributed by atoms with Gasteiger partial charge >= 0.3 is 0 Å². The zero-order valence-corrected chi connectivity index (χ0v) is 10.2. The normalized spacial score (nSPS) is 9.05. The van der Waals surface area contributed by atoms with Gasteiger partial charge in [0, 0.05) is 10.6 Å². The van der Waals surface area contributed by atoms with Crippen LogP contribution in [0.25, 0.3) is 0 Å². The van der Waals surface area contributed by atoms with E-state index in [0.717, 1.165) is 0 Å². The molecular weight excluding hydrogens is 270 g/mol. The molecule has 0 bridgehead atoms. The molecule has 0 unspecified atom stereocenters. The van der Waals surface area contributed by atoms with Gasteiger partial charge in [-0.15, -0.1) is 0 Å². The highest BCUT2D eigenvalue weighted by molar-refractivity contribution is 7.99. The van der Waals surface area contributed by atoms with Crippen LogP contribution in [0.3, 0.4) is 0 Å². The minimum Gasteiger partial charge on any atom is -0.345 e. The number of halogens is 2. The number of thioether (sulfide) groups is 1. The van der Waals surface area contributed by atoms with E-state index in [1.165, 1.54) is 18.2 Å². The van der Waals surface area contributed by atoms with Gasteiger partial charge in [-0.05, 0) is 18.2 Å². The summed E-state index contributed by atoms with van der Waals surface area (Å²) >= 11 is 0.365. The fourth-order valence-corrected chi connectivity index (χ4v) is 1.74. The smallest absolute Gasteiger partial charge is 0.288 e. The van der Waals surface area contributed by atoms with Crippen molar-refractivity contribution >= 4 is 17.4 Å². The van der Waals surface area contributed by atoms with Crippen LogP contribution in [0.4, 0.5) is 14.5 Å². The summed E-state index contributed by atoms with van der Waals surface area (Å²) in [5, 5.41) is 28.7. The second-order valence-electron chi connectivity index (χ2n) is 3.12. The molecule has 94 valence electrons. The molecule has 0 aliphatic heterocycles. The van der Waals surface area contributed by atoms with Crippen LogP contribution < -0.4 is 5.32 Å². The summed E-state index contributed by atoms with van der Waals surface area (Å²) in [4.78, 5) is 0.313. The van der Waals surface area contributed by atoms with Gasteiger partial charge in [0.15, 0.2) is 5.57 Å². The predicted octanol–water partition coefficient (Wildman–Crippen LogP) is 3.24. The van der Waals surface area contributed by atoms with E-state index < -0.39 is 5.76 Å². The molecular formula is C12H6F2N4S. The number of benzene rings is 1. The maximum atomic E-state index is 12.2. The van der Waals surface area contributed by atoms with Crippen LogP contribution in [0.15, 0.2) is 40.4 Å². The minimum absolute atomic E-state index is 0.218. The lowest BCUT2D eigenvalue weighted by Gasteiger charge is -2.06. The van der Waals surface area contributed by atoms with Crippen LogP contribution >= 0.6 is 11.8 Å². The van der Waals surface area contributed by atoms with Crippen molar-refractivity contribution in [3.05, 3.63) is 35.5 Å². The summed E-state index contributed by atoms with van der Waals surface area (Å²) in [7, 11) is 0. The molecule has 0 aliphatic carbocycles. The molecule has 1 rings (SSSR count). The predicted molar refractivity (Wildman–Crippen MR) is 65.8 cm³/mol. The topological polar surface area (TPSA) is 83.4 Å². The third kappa shape index (κ3) is 4.31. The third-order valence-corrected chi connectivity index (χ3v) is 2.62. The zero-order chi connectivity index (χ0) is 14.3. The molecule has 0 saturated carbocycles. The van der Waals surface area contributed by atoms with Crippen molar-refractivity contribution in [1.82, 2.24) is 0 Å². The van der Waals surface area contributed by atoms with Crippen molar-refractivity contribution in [1.29, 1.82) is 15.8 Å². The Balaban J connectivity index is 3.01. The number of nitrogens with one attached hydrogen (secondary N) is 1. The average Bonchev–Trinajstić information content (AvgIpc) is 2.38. The Morgan fingerprint density at radius 2 is 1.84 bits per heavy atom. The first kappa shape index (κ1) is 14.5. The Kier molecular flexibility index (Phi) is 5.35. The second kappa shape index (κ2) is 7.00. The lowest BCUT2D eigenvalue weighted by Crippen LogP contribution is -2.00. The maximum Gasteiger partial charge on any atom is 0.288 e. The first-order valence-electron chi connectivity index (χ1n) is 4.87. The van der Waals surface area contributed by atoms with Gasteiger partial charge in [-0.2, -0.15) is 24.6 Å². The summed E-state index contributed by atoms with van der Waals surface area (Å²) in [6, 6.07) is 10.8. The summed E-state index contributed by atoms with van der Waals surface area (Å²) < 4.78 is 24.4. The molecule has 0 spiro atoms. The fraction of sp³-hybridized carbons (Fsp3) is 0.0833. The molecule has 0 aromatic heterocycles. The number of anilines is 1. The number of hydrogen-bond donors (Lipinski definition) is 1. The molecule has 1 N–H and O–H groups in total. The van der Waals surface area contributed by atoms with Crippen LogP contribution in [0, 0.1) is 34.0 Å². The average molecular weight is 276 g/mol. The largest absolute Gasteiger partial charge is 0.345 e. The van der Waals surface area contributed by atoms with Crippen molar-refractivity contribution in [2.24, 2.45) is 0 Å². The quantitative estimate of drug-likeness (QED) is 0.674. The van der Waals surface area contributed by atoms with E-state index in [1.54, 1.807) is 24.3 Å². The Bertz CT molecular complexity index is 604. The molecule has 0 heterocycles. The van der Waals surface area contributed by atoms with Gasteiger partial charge in [0.2, 0.25) is 0 Å². The summed E-state index contributed by atoms with van der Waals surface area (Å²) in [5.74, 6) is -2.55. The Hall–Kier alpha value is -2.56. The lowest BCUT2D eigenvalue weighted by molar-refractivity contribution is 0.252. The highest BCUT2D eigenvalue weighted by atomic mass is 32.2. The minimum atomic E-state index is -2.55. The van der Waals surface area contributed by atoms with Crippen molar-refractivity contribution in [3.63, 3.8) is 0 Å². The second-order valence-corrected chi connectivity index (χ2v) is 4.18. The first-order chi connectivity index (χ1) is 9.10. The number of alkyl halides is 2. The molecule has 7 heteroatoms. The van der Waals surface area contributed by atoms with Gasteiger partial charge in [0.25, 0.3) is 5.76 Å². The van der Waals surface area contributed by atoms with E-state index in [1.807, 2.05) is 0 Å². The standard InChI is InChI=1S/C12H6F2N4S/c13-12(14)19-10-3-1-2-9(4-10)18-11(7-17)8(5-15)6-16/h1-4,12,18H. The highest BCUT2D eigenvalue weighted by Gasteiger charge is 2.08. The summed E-state index contributed by atoms with van der Waals surface area (Å²) in [5.41, 5.74) is -0.233. The van der Waals surface area contributed by atoms with Crippen LogP contribution in [0.2, 0.25) is 0 Å². The first-order valence-corrected chi connectivity index (χ1v) is 5.75. The van der Waals surface area contributed by atoms with Gasteiger partial charge in [0.1, 0.15) is 23.9 Å². The number of nitrogens with zero attached hydrogens (tertiary/aromatic N) is 3. The van der Waals surface area contributed by atoms with Crippen molar-refractivity contribution < 1.29 is 8.78 Å². The molecule has 0 saturated heterocycles. The van der Waals surface area contributed by atoms with Gasteiger partial charge < -0.3 is 5.32 Å². The molecule has 4 nitrogen and oxygen atoms in total. The van der Waals surface area contributed by atoms with Crippen molar-refractivity contribution in [2.75, 3.05) is 5.32 Å². The summed E-state index contributed by atoms with van der Waals surface area (Å²) in [6.07, 6.45) is 0. The lowest BCUT2D eigenvalue weighted by atomic mass is 10.2. The van der Waals surface area contributed by atoms with Crippen LogP contribution in [0.5, 0.6) is 0 Å². The van der Waals surface area contributed by atoms with E-state index in [9.17, 15) is 8.78 Å². The Labute approximate surface area is 112 Å². The van der Waals surface area contributed by atoms with E-state index >= 15 is 0 Å². The van der Waals surface area contributed by atoms with Crippen molar-refractivity contribution in [3.8, 4) is 18.2 Å².